The number of hydrogen-bond donors (Lipinski definition) is 1. The fourth-order valence-electron chi connectivity index (χ4n) is 2.22. The second kappa shape index (κ2) is 9.42. The second-order valence-corrected chi connectivity index (χ2v) is 5.24. The first-order valence-corrected chi connectivity index (χ1v) is 7.95. The van der Waals surface area contributed by atoms with Gasteiger partial charge in [0, 0.05) is 12.5 Å². The third kappa shape index (κ3) is 5.60. The Kier molecular flexibility index (Phi) is 6.95. The fourth-order valence-corrected chi connectivity index (χ4v) is 2.22. The minimum Gasteiger partial charge on any atom is -0.497 e. The van der Waals surface area contributed by atoms with Crippen molar-refractivity contribution in [3.8, 4) is 23.0 Å². The molecule has 2 aromatic rings. The highest BCUT2D eigenvalue weighted by Gasteiger charge is 2.09. The average molecular weight is 345 g/mol. The number of benzene rings is 2. The van der Waals surface area contributed by atoms with E-state index in [-0.39, 0.29) is 5.91 Å². The molecule has 0 saturated carbocycles. The normalized spacial score (nSPS) is 10.0. The molecule has 0 aliphatic carbocycles. The van der Waals surface area contributed by atoms with E-state index in [2.05, 4.69) is 5.32 Å². The molecule has 0 aromatic heterocycles. The molecule has 134 valence electrons. The SMILES string of the molecule is COc1ccc(OCCCC(=O)Nc2cc(OC)ccc2OC)cc1. The number of ether oxygens (including phenoxy) is 4. The van der Waals surface area contributed by atoms with Gasteiger partial charge >= 0.3 is 0 Å². The fraction of sp³-hybridized carbons (Fsp3) is 0.316. The van der Waals surface area contributed by atoms with Crippen molar-refractivity contribution < 1.29 is 23.7 Å². The summed E-state index contributed by atoms with van der Waals surface area (Å²) >= 11 is 0. The zero-order valence-electron chi connectivity index (χ0n) is 14.7. The molecular weight excluding hydrogens is 322 g/mol. The first-order chi connectivity index (χ1) is 12.2. The predicted octanol–water partition coefficient (Wildman–Crippen LogP) is 3.51. The molecule has 2 aromatic carbocycles. The Labute approximate surface area is 147 Å². The molecule has 0 saturated heterocycles. The molecule has 0 heterocycles. The van der Waals surface area contributed by atoms with E-state index in [0.717, 1.165) is 11.5 Å². The standard InChI is InChI=1S/C19H23NO5/c1-22-14-6-8-15(9-7-14)25-12-4-5-19(21)20-17-13-16(23-2)10-11-18(17)24-3/h6-11,13H,4-5,12H2,1-3H3,(H,20,21). The first-order valence-electron chi connectivity index (χ1n) is 7.95. The Hall–Kier alpha value is -2.89. The van der Waals surface area contributed by atoms with Gasteiger partial charge in [-0.25, -0.2) is 0 Å². The van der Waals surface area contributed by atoms with Crippen LogP contribution in [0.1, 0.15) is 12.8 Å². The number of carbonyl (C=O) groups excluding carboxylic acids is 1. The van der Waals surface area contributed by atoms with Gasteiger partial charge in [0.1, 0.15) is 23.0 Å². The number of hydrogen-bond acceptors (Lipinski definition) is 5. The van der Waals surface area contributed by atoms with Gasteiger partial charge in [0.25, 0.3) is 0 Å². The number of rotatable bonds is 9. The lowest BCUT2D eigenvalue weighted by Crippen LogP contribution is -2.13. The number of carbonyl (C=O) groups is 1. The first kappa shape index (κ1) is 18.4. The van der Waals surface area contributed by atoms with Crippen LogP contribution in [0.4, 0.5) is 5.69 Å². The third-order valence-corrected chi connectivity index (χ3v) is 3.56. The Morgan fingerprint density at radius 2 is 1.52 bits per heavy atom. The smallest absolute Gasteiger partial charge is 0.224 e. The Morgan fingerprint density at radius 3 is 2.16 bits per heavy atom. The van der Waals surface area contributed by atoms with Crippen molar-refractivity contribution in [2.45, 2.75) is 12.8 Å². The molecule has 2 rings (SSSR count). The number of methoxy groups -OCH3 is 3. The van der Waals surface area contributed by atoms with E-state index in [1.165, 1.54) is 0 Å². The molecule has 0 atom stereocenters. The van der Waals surface area contributed by atoms with E-state index in [9.17, 15) is 4.79 Å². The Balaban J connectivity index is 1.78. The minimum atomic E-state index is -0.107. The molecule has 0 bridgehead atoms. The maximum Gasteiger partial charge on any atom is 0.224 e. The van der Waals surface area contributed by atoms with Gasteiger partial charge in [-0.2, -0.15) is 0 Å². The van der Waals surface area contributed by atoms with Crippen LogP contribution < -0.4 is 24.3 Å². The summed E-state index contributed by atoms with van der Waals surface area (Å²) < 4.78 is 21.1. The summed E-state index contributed by atoms with van der Waals surface area (Å²) in [6.45, 7) is 0.453. The average Bonchev–Trinajstić information content (AvgIpc) is 2.65. The number of amides is 1. The van der Waals surface area contributed by atoms with Crippen molar-refractivity contribution >= 4 is 11.6 Å². The topological polar surface area (TPSA) is 66.0 Å². The van der Waals surface area contributed by atoms with Crippen molar-refractivity contribution in [3.63, 3.8) is 0 Å². The molecule has 0 fully saturated rings. The number of nitrogens with one attached hydrogen (secondary N) is 1. The number of anilines is 1. The van der Waals surface area contributed by atoms with E-state index in [0.29, 0.717) is 36.6 Å². The molecular formula is C19H23NO5. The van der Waals surface area contributed by atoms with Crippen LogP contribution in [0, 0.1) is 0 Å². The van der Waals surface area contributed by atoms with Gasteiger partial charge in [-0.15, -0.1) is 0 Å². The molecule has 25 heavy (non-hydrogen) atoms. The van der Waals surface area contributed by atoms with Crippen molar-refractivity contribution in [3.05, 3.63) is 42.5 Å². The molecule has 0 aliphatic rings. The molecule has 6 heteroatoms. The van der Waals surface area contributed by atoms with Gasteiger partial charge < -0.3 is 24.3 Å². The lowest BCUT2D eigenvalue weighted by atomic mass is 10.2. The monoisotopic (exact) mass is 345 g/mol. The summed E-state index contributed by atoms with van der Waals surface area (Å²) in [7, 11) is 4.75. The highest BCUT2D eigenvalue weighted by atomic mass is 16.5. The van der Waals surface area contributed by atoms with Crippen LogP contribution in [0.25, 0.3) is 0 Å². The van der Waals surface area contributed by atoms with Crippen LogP contribution in [-0.4, -0.2) is 33.8 Å². The summed E-state index contributed by atoms with van der Waals surface area (Å²) in [4.78, 5) is 12.1. The molecule has 1 N–H and O–H groups in total. The van der Waals surface area contributed by atoms with Crippen LogP contribution in [0.3, 0.4) is 0 Å². The van der Waals surface area contributed by atoms with E-state index in [1.54, 1.807) is 39.5 Å². The van der Waals surface area contributed by atoms with E-state index in [4.69, 9.17) is 18.9 Å². The third-order valence-electron chi connectivity index (χ3n) is 3.56. The Bertz CT molecular complexity index is 685. The highest BCUT2D eigenvalue weighted by Crippen LogP contribution is 2.29. The molecule has 0 radical (unpaired) electrons. The zero-order chi connectivity index (χ0) is 18.1. The van der Waals surface area contributed by atoms with Crippen LogP contribution in [0.2, 0.25) is 0 Å². The van der Waals surface area contributed by atoms with Crippen molar-refractivity contribution in [2.24, 2.45) is 0 Å². The van der Waals surface area contributed by atoms with E-state index < -0.39 is 0 Å². The van der Waals surface area contributed by atoms with Gasteiger partial charge in [0.05, 0.1) is 33.6 Å². The van der Waals surface area contributed by atoms with Crippen LogP contribution in [-0.2, 0) is 4.79 Å². The van der Waals surface area contributed by atoms with Gasteiger partial charge in [0.2, 0.25) is 5.91 Å². The van der Waals surface area contributed by atoms with Crippen LogP contribution in [0.5, 0.6) is 23.0 Å². The molecule has 0 unspecified atom stereocenters. The predicted molar refractivity (Wildman–Crippen MR) is 95.9 cm³/mol. The maximum atomic E-state index is 12.1. The van der Waals surface area contributed by atoms with Crippen molar-refractivity contribution in [1.82, 2.24) is 0 Å². The maximum absolute atomic E-state index is 12.1. The van der Waals surface area contributed by atoms with Crippen LogP contribution >= 0.6 is 0 Å². The zero-order valence-corrected chi connectivity index (χ0v) is 14.7. The summed E-state index contributed by atoms with van der Waals surface area (Å²) in [5.41, 5.74) is 0.586. The van der Waals surface area contributed by atoms with Gasteiger partial charge in [0.15, 0.2) is 0 Å². The van der Waals surface area contributed by atoms with Crippen molar-refractivity contribution in [1.29, 1.82) is 0 Å². The quantitative estimate of drug-likeness (QED) is 0.705. The summed E-state index contributed by atoms with van der Waals surface area (Å²) in [6.07, 6.45) is 0.945. The lowest BCUT2D eigenvalue weighted by molar-refractivity contribution is -0.116. The van der Waals surface area contributed by atoms with Crippen LogP contribution in [0.15, 0.2) is 42.5 Å². The second-order valence-electron chi connectivity index (χ2n) is 5.24. The largest absolute Gasteiger partial charge is 0.497 e. The molecule has 6 nitrogen and oxygen atoms in total. The van der Waals surface area contributed by atoms with E-state index in [1.807, 2.05) is 24.3 Å². The van der Waals surface area contributed by atoms with Crippen molar-refractivity contribution in [2.75, 3.05) is 33.3 Å². The molecule has 0 spiro atoms. The van der Waals surface area contributed by atoms with Gasteiger partial charge in [-0.05, 0) is 42.8 Å². The Morgan fingerprint density at radius 1 is 0.880 bits per heavy atom. The summed E-state index contributed by atoms with van der Waals surface area (Å²) in [6, 6.07) is 12.6. The van der Waals surface area contributed by atoms with E-state index >= 15 is 0 Å². The molecule has 0 aliphatic heterocycles. The van der Waals surface area contributed by atoms with Gasteiger partial charge in [-0.3, -0.25) is 4.79 Å². The highest BCUT2D eigenvalue weighted by molar-refractivity contribution is 5.92. The minimum absolute atomic E-state index is 0.107. The summed E-state index contributed by atoms with van der Waals surface area (Å²) in [5.74, 6) is 2.65. The summed E-state index contributed by atoms with van der Waals surface area (Å²) in [5, 5.41) is 2.83. The van der Waals surface area contributed by atoms with Gasteiger partial charge in [-0.1, -0.05) is 0 Å². The lowest BCUT2D eigenvalue weighted by Gasteiger charge is -2.12. The molecule has 1 amide bonds.